The zero-order chi connectivity index (χ0) is 23.7. The first-order chi connectivity index (χ1) is 16.5. The van der Waals surface area contributed by atoms with E-state index in [4.69, 9.17) is 4.42 Å². The van der Waals surface area contributed by atoms with Gasteiger partial charge in [-0.1, -0.05) is 64.5 Å². The second-order valence-electron chi connectivity index (χ2n) is 7.70. The number of carboxylic acid groups (broad SMARTS) is 1. The first kappa shape index (κ1) is 21.7. The summed E-state index contributed by atoms with van der Waals surface area (Å²) in [6.45, 7) is 0. The molecule has 0 atom stereocenters. The van der Waals surface area contributed by atoms with Crippen LogP contribution in [0.25, 0.3) is 23.1 Å². The highest BCUT2D eigenvalue weighted by Crippen LogP contribution is 2.36. The summed E-state index contributed by atoms with van der Waals surface area (Å²) in [5.74, 6) is -0.0670. The average molecular weight is 512 g/mol. The molecule has 0 bridgehead atoms. The molecule has 2 heterocycles. The Morgan fingerprint density at radius 2 is 1.65 bits per heavy atom. The SMILES string of the molecule is O=C(O)c1cccc(N2C(=O)C(=Cc3ccc(-c4ccc(Br)cc4)o3)C=C2c2ccccc2)c1. The summed E-state index contributed by atoms with van der Waals surface area (Å²) in [4.78, 5) is 26.5. The maximum Gasteiger partial charge on any atom is 0.335 e. The Kier molecular flexibility index (Phi) is 5.74. The van der Waals surface area contributed by atoms with Crippen LogP contribution in [0.2, 0.25) is 0 Å². The molecule has 166 valence electrons. The number of halogens is 1. The van der Waals surface area contributed by atoms with E-state index in [0.29, 0.717) is 28.5 Å². The molecule has 5 nitrogen and oxygen atoms in total. The van der Waals surface area contributed by atoms with Crippen molar-refractivity contribution in [3.8, 4) is 11.3 Å². The predicted octanol–water partition coefficient (Wildman–Crippen LogP) is 6.88. The molecule has 34 heavy (non-hydrogen) atoms. The number of hydrogen-bond acceptors (Lipinski definition) is 3. The van der Waals surface area contributed by atoms with E-state index in [1.54, 1.807) is 24.3 Å². The number of hydrogen-bond donors (Lipinski definition) is 1. The van der Waals surface area contributed by atoms with Crippen molar-refractivity contribution < 1.29 is 19.1 Å². The number of benzene rings is 3. The van der Waals surface area contributed by atoms with Crippen LogP contribution in [0, 0.1) is 0 Å². The minimum Gasteiger partial charge on any atom is -0.478 e. The van der Waals surface area contributed by atoms with E-state index >= 15 is 0 Å². The highest BCUT2D eigenvalue weighted by Gasteiger charge is 2.31. The van der Waals surface area contributed by atoms with E-state index in [0.717, 1.165) is 15.6 Å². The van der Waals surface area contributed by atoms with Crippen LogP contribution in [0.5, 0.6) is 0 Å². The number of carboxylic acids is 1. The molecule has 0 radical (unpaired) electrons. The molecule has 1 aliphatic heterocycles. The van der Waals surface area contributed by atoms with Crippen LogP contribution in [0.1, 0.15) is 21.7 Å². The van der Waals surface area contributed by atoms with Crippen molar-refractivity contribution in [1.82, 2.24) is 0 Å². The molecular weight excluding hydrogens is 494 g/mol. The van der Waals surface area contributed by atoms with Crippen LogP contribution < -0.4 is 4.90 Å². The lowest BCUT2D eigenvalue weighted by Gasteiger charge is -2.21. The molecule has 0 saturated carbocycles. The Morgan fingerprint density at radius 1 is 0.882 bits per heavy atom. The third-order valence-corrected chi connectivity index (χ3v) is 5.99. The van der Waals surface area contributed by atoms with Gasteiger partial charge in [-0.25, -0.2) is 4.79 Å². The number of amides is 1. The highest BCUT2D eigenvalue weighted by molar-refractivity contribution is 9.10. The molecule has 0 saturated heterocycles. The van der Waals surface area contributed by atoms with Crippen molar-refractivity contribution in [3.05, 3.63) is 124 Å². The summed E-state index contributed by atoms with van der Waals surface area (Å²) in [5, 5.41) is 9.41. The third-order valence-electron chi connectivity index (χ3n) is 5.46. The summed E-state index contributed by atoms with van der Waals surface area (Å²) in [5.41, 5.74) is 3.47. The minimum absolute atomic E-state index is 0.111. The largest absolute Gasteiger partial charge is 0.478 e. The standard InChI is InChI=1S/C28H18BrNO4/c29-22-11-9-19(10-12-22)26-14-13-24(34-26)16-21-17-25(18-5-2-1-3-6-18)30(27(21)31)23-8-4-7-20(15-23)28(32)33/h1-17H,(H,32,33). The zero-order valence-electron chi connectivity index (χ0n) is 17.8. The molecule has 0 aliphatic carbocycles. The number of rotatable bonds is 5. The highest BCUT2D eigenvalue weighted by atomic mass is 79.9. The number of anilines is 1. The molecule has 0 unspecified atom stereocenters. The Labute approximate surface area is 204 Å². The molecule has 0 fully saturated rings. The molecule has 4 aromatic rings. The monoisotopic (exact) mass is 511 g/mol. The Bertz CT molecular complexity index is 1450. The van der Waals surface area contributed by atoms with Crippen molar-refractivity contribution in [2.24, 2.45) is 0 Å². The van der Waals surface area contributed by atoms with Crippen molar-refractivity contribution in [2.45, 2.75) is 0 Å². The van der Waals surface area contributed by atoms with Crippen LogP contribution in [0.4, 0.5) is 5.69 Å². The number of carbonyl (C=O) groups excluding carboxylic acids is 1. The molecule has 1 aliphatic rings. The van der Waals surface area contributed by atoms with Gasteiger partial charge in [-0.05, 0) is 60.2 Å². The third kappa shape index (κ3) is 4.23. The van der Waals surface area contributed by atoms with E-state index in [1.807, 2.05) is 66.7 Å². The Balaban J connectivity index is 1.55. The second kappa shape index (κ2) is 9.00. The fraction of sp³-hybridized carbons (Fsp3) is 0. The molecular formula is C28H18BrNO4. The summed E-state index contributed by atoms with van der Waals surface area (Å²) in [7, 11) is 0. The van der Waals surface area contributed by atoms with Gasteiger partial charge in [-0.2, -0.15) is 0 Å². The quantitative estimate of drug-likeness (QED) is 0.296. The molecule has 6 heteroatoms. The van der Waals surface area contributed by atoms with Gasteiger partial charge in [0.25, 0.3) is 5.91 Å². The normalized spacial score (nSPS) is 14.5. The van der Waals surface area contributed by atoms with Crippen LogP contribution >= 0.6 is 15.9 Å². The van der Waals surface area contributed by atoms with Gasteiger partial charge >= 0.3 is 5.97 Å². The van der Waals surface area contributed by atoms with Crippen LogP contribution in [0.3, 0.4) is 0 Å². The van der Waals surface area contributed by atoms with E-state index in [1.165, 1.54) is 17.0 Å². The smallest absolute Gasteiger partial charge is 0.335 e. The average Bonchev–Trinajstić information content (AvgIpc) is 3.45. The summed E-state index contributed by atoms with van der Waals surface area (Å²) in [6, 6.07) is 27.3. The van der Waals surface area contributed by atoms with Gasteiger partial charge in [-0.15, -0.1) is 0 Å². The van der Waals surface area contributed by atoms with Crippen molar-refractivity contribution in [2.75, 3.05) is 4.90 Å². The van der Waals surface area contributed by atoms with Crippen LogP contribution in [-0.4, -0.2) is 17.0 Å². The predicted molar refractivity (Wildman–Crippen MR) is 135 cm³/mol. The second-order valence-corrected chi connectivity index (χ2v) is 8.62. The molecule has 1 amide bonds. The fourth-order valence-electron chi connectivity index (χ4n) is 3.82. The molecule has 3 aromatic carbocycles. The van der Waals surface area contributed by atoms with Crippen molar-refractivity contribution in [3.63, 3.8) is 0 Å². The maximum atomic E-state index is 13.5. The summed E-state index contributed by atoms with van der Waals surface area (Å²) in [6.07, 6.45) is 3.50. The van der Waals surface area contributed by atoms with Gasteiger partial charge in [0, 0.05) is 15.6 Å². The van der Waals surface area contributed by atoms with Crippen LogP contribution in [0.15, 0.2) is 112 Å². The lowest BCUT2D eigenvalue weighted by molar-refractivity contribution is -0.113. The first-order valence-electron chi connectivity index (χ1n) is 10.5. The molecule has 1 N–H and O–H groups in total. The number of aromatic carboxylic acids is 1. The van der Waals surface area contributed by atoms with Gasteiger partial charge in [-0.3, -0.25) is 9.69 Å². The number of furan rings is 1. The molecule has 0 spiro atoms. The summed E-state index contributed by atoms with van der Waals surface area (Å²) >= 11 is 3.43. The van der Waals surface area contributed by atoms with E-state index in [2.05, 4.69) is 15.9 Å². The Hall–Kier alpha value is -4.16. The fourth-order valence-corrected chi connectivity index (χ4v) is 4.09. The van der Waals surface area contributed by atoms with Crippen LogP contribution in [-0.2, 0) is 4.79 Å². The van der Waals surface area contributed by atoms with Crippen molar-refractivity contribution in [1.29, 1.82) is 0 Å². The Morgan fingerprint density at radius 3 is 2.38 bits per heavy atom. The topological polar surface area (TPSA) is 70.8 Å². The lowest BCUT2D eigenvalue weighted by atomic mass is 10.1. The molecule has 5 rings (SSSR count). The minimum atomic E-state index is -1.05. The number of nitrogens with zero attached hydrogens (tertiary/aromatic N) is 1. The lowest BCUT2D eigenvalue weighted by Crippen LogP contribution is -2.25. The van der Waals surface area contributed by atoms with E-state index in [9.17, 15) is 14.7 Å². The molecule has 1 aromatic heterocycles. The van der Waals surface area contributed by atoms with Gasteiger partial charge in [0.1, 0.15) is 11.5 Å². The zero-order valence-corrected chi connectivity index (χ0v) is 19.4. The number of carbonyl (C=O) groups is 2. The maximum absolute atomic E-state index is 13.5. The first-order valence-corrected chi connectivity index (χ1v) is 11.3. The van der Waals surface area contributed by atoms with Crippen molar-refractivity contribution >= 4 is 45.3 Å². The van der Waals surface area contributed by atoms with Gasteiger partial charge in [0.2, 0.25) is 0 Å². The van der Waals surface area contributed by atoms with E-state index < -0.39 is 5.97 Å². The summed E-state index contributed by atoms with van der Waals surface area (Å²) < 4.78 is 6.96. The van der Waals surface area contributed by atoms with Gasteiger partial charge < -0.3 is 9.52 Å². The van der Waals surface area contributed by atoms with Gasteiger partial charge in [0.15, 0.2) is 0 Å². The van der Waals surface area contributed by atoms with Gasteiger partial charge in [0.05, 0.1) is 16.9 Å². The van der Waals surface area contributed by atoms with E-state index in [-0.39, 0.29) is 11.5 Å².